The number of rotatable bonds is 59. The molecule has 0 aromatic heterocycles. The summed E-state index contributed by atoms with van der Waals surface area (Å²) in [5, 5.41) is 0. The van der Waals surface area contributed by atoms with Gasteiger partial charge in [0.25, 0.3) is 0 Å². The molecule has 466 valence electrons. The van der Waals surface area contributed by atoms with E-state index in [0.29, 0.717) is 19.3 Å². The molecule has 1 unspecified atom stereocenters. The lowest BCUT2D eigenvalue weighted by Crippen LogP contribution is -2.30. The largest absolute Gasteiger partial charge is 0.462 e. The molecule has 6 nitrogen and oxygen atoms in total. The number of hydrogen-bond acceptors (Lipinski definition) is 6. The molecule has 0 amide bonds. The Hall–Kier alpha value is -5.23. The van der Waals surface area contributed by atoms with Crippen molar-refractivity contribution in [2.75, 3.05) is 13.2 Å². The van der Waals surface area contributed by atoms with Gasteiger partial charge in [0.1, 0.15) is 13.2 Å². The van der Waals surface area contributed by atoms with E-state index in [9.17, 15) is 14.4 Å². The van der Waals surface area contributed by atoms with Crippen LogP contribution in [0.25, 0.3) is 0 Å². The third-order valence-electron chi connectivity index (χ3n) is 13.7. The summed E-state index contributed by atoms with van der Waals surface area (Å²) < 4.78 is 16.9. The van der Waals surface area contributed by atoms with Crippen molar-refractivity contribution < 1.29 is 28.6 Å². The van der Waals surface area contributed by atoms with Crippen molar-refractivity contribution in [3.05, 3.63) is 170 Å². The van der Waals surface area contributed by atoms with Crippen LogP contribution in [0.3, 0.4) is 0 Å². The van der Waals surface area contributed by atoms with Crippen LogP contribution in [0.5, 0.6) is 0 Å². The minimum Gasteiger partial charge on any atom is -0.462 e. The Labute approximate surface area is 511 Å². The van der Waals surface area contributed by atoms with E-state index in [1.165, 1.54) is 70.6 Å². The summed E-state index contributed by atoms with van der Waals surface area (Å²) in [4.78, 5) is 38.3. The molecule has 0 fully saturated rings. The van der Waals surface area contributed by atoms with Gasteiger partial charge < -0.3 is 14.2 Å². The van der Waals surface area contributed by atoms with E-state index in [1.54, 1.807) is 0 Å². The maximum absolute atomic E-state index is 12.9. The van der Waals surface area contributed by atoms with Gasteiger partial charge in [0.05, 0.1) is 0 Å². The minimum absolute atomic E-state index is 0.103. The van der Waals surface area contributed by atoms with Crippen LogP contribution in [-0.4, -0.2) is 37.2 Å². The van der Waals surface area contributed by atoms with Crippen molar-refractivity contribution in [3.8, 4) is 0 Å². The van der Waals surface area contributed by atoms with Crippen molar-refractivity contribution in [1.29, 1.82) is 0 Å². The number of esters is 3. The lowest BCUT2D eigenvalue weighted by molar-refractivity contribution is -0.167. The maximum Gasteiger partial charge on any atom is 0.306 e. The van der Waals surface area contributed by atoms with Crippen LogP contribution in [0.4, 0.5) is 0 Å². The first kappa shape index (κ1) is 77.8. The molecule has 0 spiro atoms. The van der Waals surface area contributed by atoms with Crippen LogP contribution in [0.15, 0.2) is 170 Å². The summed E-state index contributed by atoms with van der Waals surface area (Å²) in [5.74, 6) is -0.954. The van der Waals surface area contributed by atoms with Crippen molar-refractivity contribution in [2.45, 2.75) is 284 Å². The summed E-state index contributed by atoms with van der Waals surface area (Å²) >= 11 is 0. The average Bonchev–Trinajstić information content (AvgIpc) is 3.48. The number of allylic oxidation sites excluding steroid dienone is 28. The highest BCUT2D eigenvalue weighted by molar-refractivity contribution is 5.71. The van der Waals surface area contributed by atoms with E-state index in [2.05, 4.69) is 191 Å². The third kappa shape index (κ3) is 67.4. The zero-order chi connectivity index (χ0) is 59.9. The van der Waals surface area contributed by atoms with E-state index in [4.69, 9.17) is 14.2 Å². The van der Waals surface area contributed by atoms with E-state index in [1.807, 2.05) is 0 Å². The molecule has 6 heteroatoms. The van der Waals surface area contributed by atoms with Crippen molar-refractivity contribution in [3.63, 3.8) is 0 Å². The summed E-state index contributed by atoms with van der Waals surface area (Å²) in [7, 11) is 0. The van der Waals surface area contributed by atoms with Gasteiger partial charge in [-0.1, -0.05) is 281 Å². The average molecular weight is 1140 g/mol. The molecule has 0 bridgehead atoms. The van der Waals surface area contributed by atoms with Gasteiger partial charge in [0.15, 0.2) is 6.10 Å². The third-order valence-corrected chi connectivity index (χ3v) is 13.7. The smallest absolute Gasteiger partial charge is 0.306 e. The van der Waals surface area contributed by atoms with Crippen molar-refractivity contribution in [2.24, 2.45) is 0 Å². The maximum atomic E-state index is 12.9. The number of unbranched alkanes of at least 4 members (excludes halogenated alkanes) is 20. The normalized spacial score (nSPS) is 13.2. The SMILES string of the molecule is CC/C=C\C/C=C\C/C=C\C/C=C\C/C=C\C/C=C\C/C=C\CCCCCC(=O)OC(COC(=O)CCCCCCC/C=C\CCCC)COC(=O)CCCCCCCCCCCC/C=C\C/C=C\C/C=C\C/C=C\C/C=C\C/C=C\CC. The van der Waals surface area contributed by atoms with Crippen molar-refractivity contribution >= 4 is 17.9 Å². The fourth-order valence-electron chi connectivity index (χ4n) is 8.70. The molecular weight excluding hydrogens is 1020 g/mol. The van der Waals surface area contributed by atoms with Gasteiger partial charge in [-0.3, -0.25) is 14.4 Å². The molecule has 0 aromatic carbocycles. The fourth-order valence-corrected chi connectivity index (χ4v) is 8.70. The van der Waals surface area contributed by atoms with Crippen LogP contribution in [0, 0.1) is 0 Å². The zero-order valence-corrected chi connectivity index (χ0v) is 53.4. The first-order valence-corrected chi connectivity index (χ1v) is 33.6. The number of carbonyl (C=O) groups excluding carboxylic acids is 3. The predicted molar refractivity (Wildman–Crippen MR) is 361 cm³/mol. The Morgan fingerprint density at radius 3 is 0.759 bits per heavy atom. The van der Waals surface area contributed by atoms with Crippen LogP contribution in [0.2, 0.25) is 0 Å². The number of carbonyl (C=O) groups is 3. The monoisotopic (exact) mass is 1140 g/mol. The molecule has 0 saturated heterocycles. The topological polar surface area (TPSA) is 78.9 Å². The quantitative estimate of drug-likeness (QED) is 0.0261. The second-order valence-electron chi connectivity index (χ2n) is 21.6. The van der Waals surface area contributed by atoms with Crippen LogP contribution in [-0.2, 0) is 28.6 Å². The van der Waals surface area contributed by atoms with E-state index >= 15 is 0 Å². The molecule has 0 heterocycles. The second kappa shape index (κ2) is 69.3. The van der Waals surface area contributed by atoms with Gasteiger partial charge in [-0.05, 0) is 148 Å². The Balaban J connectivity index is 4.37. The van der Waals surface area contributed by atoms with Gasteiger partial charge in [-0.2, -0.15) is 0 Å². The minimum atomic E-state index is -0.811. The van der Waals surface area contributed by atoms with Crippen LogP contribution < -0.4 is 0 Å². The van der Waals surface area contributed by atoms with Crippen LogP contribution in [0.1, 0.15) is 278 Å². The van der Waals surface area contributed by atoms with Gasteiger partial charge in [0.2, 0.25) is 0 Å². The summed E-state index contributed by atoms with van der Waals surface area (Å²) in [6.45, 7) is 6.33. The number of ether oxygens (including phenoxy) is 3. The lowest BCUT2D eigenvalue weighted by atomic mass is 10.1. The molecule has 83 heavy (non-hydrogen) atoms. The molecule has 1 atom stereocenters. The Morgan fingerprint density at radius 1 is 0.253 bits per heavy atom. The predicted octanol–water partition coefficient (Wildman–Crippen LogP) is 23.4. The van der Waals surface area contributed by atoms with Crippen molar-refractivity contribution in [1.82, 2.24) is 0 Å². The summed E-state index contributed by atoms with van der Waals surface area (Å²) in [6.07, 6.45) is 102. The highest BCUT2D eigenvalue weighted by Gasteiger charge is 2.19. The molecular formula is C77H122O6. The van der Waals surface area contributed by atoms with Crippen LogP contribution >= 0.6 is 0 Å². The first-order chi connectivity index (χ1) is 41.0. The van der Waals surface area contributed by atoms with Gasteiger partial charge in [0, 0.05) is 19.3 Å². The molecule has 0 aliphatic heterocycles. The highest BCUT2D eigenvalue weighted by atomic mass is 16.6. The lowest BCUT2D eigenvalue weighted by Gasteiger charge is -2.18. The fraction of sp³-hybridized carbons (Fsp3) is 0.597. The van der Waals surface area contributed by atoms with Gasteiger partial charge >= 0.3 is 17.9 Å². The Kier molecular flexibility index (Phi) is 64.9. The second-order valence-corrected chi connectivity index (χ2v) is 21.6. The zero-order valence-electron chi connectivity index (χ0n) is 53.4. The summed E-state index contributed by atoms with van der Waals surface area (Å²) in [5.41, 5.74) is 0. The molecule has 0 aromatic rings. The van der Waals surface area contributed by atoms with E-state index < -0.39 is 6.10 Å². The molecule has 0 rings (SSSR count). The number of hydrogen-bond donors (Lipinski definition) is 0. The first-order valence-electron chi connectivity index (χ1n) is 33.6. The molecule has 0 radical (unpaired) electrons. The molecule has 0 N–H and O–H groups in total. The van der Waals surface area contributed by atoms with Gasteiger partial charge in [-0.25, -0.2) is 0 Å². The Bertz CT molecular complexity index is 1890. The molecule has 0 aliphatic rings. The van der Waals surface area contributed by atoms with E-state index in [-0.39, 0.29) is 37.5 Å². The molecule has 0 aliphatic carbocycles. The standard InChI is InChI=1S/C77H122O6/c1-4-7-10-13-16-19-22-24-26-28-30-32-34-36-37-38-39-41-42-44-46-48-50-52-55-58-61-64-67-70-76(79)82-73-74(72-81-75(78)69-66-63-60-57-54-21-18-15-12-9-6-3)83-77(80)71-68-65-62-59-56-53-51-49-47-45-43-40-35-33-31-29-27-25-23-20-17-14-11-8-5-2/h7-8,10-11,15-20,24-27,30-33,36-37,39-41,43,47,49,53,56,74H,4-6,9,12-14,21-23,28-29,34-35,38,42,44-46,48,50-52,54-55,57-73H2,1-3H3/b10-7-,11-8-,18-15-,19-16-,20-17-,26-24-,27-25-,32-30-,33-31-,37-36-,41-39-,43-40-,49-47-,56-53-. The molecule has 0 saturated carbocycles. The van der Waals surface area contributed by atoms with E-state index in [0.717, 1.165) is 161 Å². The Morgan fingerprint density at radius 2 is 0.470 bits per heavy atom. The summed E-state index contributed by atoms with van der Waals surface area (Å²) in [6, 6.07) is 0. The highest BCUT2D eigenvalue weighted by Crippen LogP contribution is 2.15. The van der Waals surface area contributed by atoms with Gasteiger partial charge in [-0.15, -0.1) is 0 Å².